The molecule has 0 aliphatic carbocycles. The molecule has 0 saturated carbocycles. The molecule has 1 aromatic heterocycles. The lowest BCUT2D eigenvalue weighted by atomic mass is 9.98. The first kappa shape index (κ1) is 17.4. The largest absolute Gasteiger partial charge is 0.440 e. The normalized spacial score (nSPS) is 18.2. The summed E-state index contributed by atoms with van der Waals surface area (Å²) < 4.78 is 5.88. The van der Waals surface area contributed by atoms with E-state index in [9.17, 15) is 9.59 Å². The van der Waals surface area contributed by atoms with Gasteiger partial charge in [0, 0.05) is 32.5 Å². The van der Waals surface area contributed by atoms with Crippen molar-refractivity contribution in [3.63, 3.8) is 0 Å². The summed E-state index contributed by atoms with van der Waals surface area (Å²) in [5.74, 6) is 0.861. The molecule has 1 aliphatic rings. The molecule has 2 aromatic rings. The van der Waals surface area contributed by atoms with Gasteiger partial charge < -0.3 is 15.1 Å². The van der Waals surface area contributed by atoms with Gasteiger partial charge in [0.15, 0.2) is 11.5 Å². The Labute approximate surface area is 146 Å². The van der Waals surface area contributed by atoms with Gasteiger partial charge in [-0.25, -0.2) is 4.98 Å². The number of para-hydroxylation sites is 2. The van der Waals surface area contributed by atoms with Crippen molar-refractivity contribution in [2.24, 2.45) is 0 Å². The monoisotopic (exact) mass is 344 g/mol. The molecule has 0 bridgehead atoms. The van der Waals surface area contributed by atoms with Crippen molar-refractivity contribution in [1.82, 2.24) is 20.5 Å². The predicted molar refractivity (Wildman–Crippen MR) is 94.1 cm³/mol. The smallest absolute Gasteiger partial charge is 0.234 e. The summed E-state index contributed by atoms with van der Waals surface area (Å²) in [6, 6.07) is 7.77. The quantitative estimate of drug-likeness (QED) is 0.771. The van der Waals surface area contributed by atoms with Crippen LogP contribution in [0.15, 0.2) is 28.7 Å². The Hall–Kier alpha value is -2.41. The third-order valence-corrected chi connectivity index (χ3v) is 4.35. The standard InChI is InChI=1S/C18H24N4O3/c1-13(23)19-8-9-20-17(24)12-22-10-4-5-14(11-22)18-21-15-6-2-3-7-16(15)25-18/h2-3,6-7,14H,4-5,8-12H2,1H3,(H,19,23)(H,20,24). The zero-order chi connectivity index (χ0) is 17.6. The molecule has 1 aliphatic heterocycles. The lowest BCUT2D eigenvalue weighted by Gasteiger charge is -2.30. The van der Waals surface area contributed by atoms with Crippen LogP contribution in [0.1, 0.15) is 31.6 Å². The average Bonchev–Trinajstić information content (AvgIpc) is 3.03. The lowest BCUT2D eigenvalue weighted by Crippen LogP contribution is -2.43. The molecule has 1 atom stereocenters. The second-order valence-corrected chi connectivity index (χ2v) is 6.43. The van der Waals surface area contributed by atoms with Crippen LogP contribution < -0.4 is 10.6 Å². The van der Waals surface area contributed by atoms with E-state index in [2.05, 4.69) is 20.5 Å². The second-order valence-electron chi connectivity index (χ2n) is 6.43. The van der Waals surface area contributed by atoms with Crippen LogP contribution in [0.25, 0.3) is 11.1 Å². The highest BCUT2D eigenvalue weighted by Gasteiger charge is 2.26. The summed E-state index contributed by atoms with van der Waals surface area (Å²) in [5, 5.41) is 5.48. The van der Waals surface area contributed by atoms with Gasteiger partial charge in [-0.05, 0) is 31.5 Å². The first-order valence-corrected chi connectivity index (χ1v) is 8.71. The Bertz CT molecular complexity index is 710. The van der Waals surface area contributed by atoms with Crippen molar-refractivity contribution >= 4 is 22.9 Å². The molecule has 0 radical (unpaired) electrons. The molecular formula is C18H24N4O3. The van der Waals surface area contributed by atoms with E-state index in [1.807, 2.05) is 24.3 Å². The third-order valence-electron chi connectivity index (χ3n) is 4.35. The number of likely N-dealkylation sites (tertiary alicyclic amines) is 1. The number of carbonyl (C=O) groups is 2. The van der Waals surface area contributed by atoms with E-state index in [-0.39, 0.29) is 17.7 Å². The molecule has 1 saturated heterocycles. The molecular weight excluding hydrogens is 320 g/mol. The van der Waals surface area contributed by atoms with Crippen LogP contribution in [-0.2, 0) is 9.59 Å². The van der Waals surface area contributed by atoms with Gasteiger partial charge in [0.05, 0.1) is 6.54 Å². The minimum Gasteiger partial charge on any atom is -0.440 e. The van der Waals surface area contributed by atoms with Gasteiger partial charge in [-0.1, -0.05) is 12.1 Å². The molecule has 2 amide bonds. The summed E-state index contributed by atoms with van der Waals surface area (Å²) in [4.78, 5) is 29.6. The molecule has 3 rings (SSSR count). The maximum atomic E-state index is 12.0. The third kappa shape index (κ3) is 4.79. The molecule has 7 nitrogen and oxygen atoms in total. The van der Waals surface area contributed by atoms with Gasteiger partial charge in [-0.2, -0.15) is 0 Å². The van der Waals surface area contributed by atoms with E-state index in [0.29, 0.717) is 19.6 Å². The number of nitrogens with one attached hydrogen (secondary N) is 2. The topological polar surface area (TPSA) is 87.5 Å². The Morgan fingerprint density at radius 2 is 2.08 bits per heavy atom. The minimum absolute atomic E-state index is 0.0245. The number of carbonyl (C=O) groups excluding carboxylic acids is 2. The van der Waals surface area contributed by atoms with E-state index in [4.69, 9.17) is 4.42 Å². The van der Waals surface area contributed by atoms with Gasteiger partial charge in [0.25, 0.3) is 0 Å². The number of hydrogen-bond donors (Lipinski definition) is 2. The summed E-state index contributed by atoms with van der Waals surface area (Å²) in [6.45, 7) is 4.38. The number of aromatic nitrogens is 1. The van der Waals surface area contributed by atoms with Crippen molar-refractivity contribution < 1.29 is 14.0 Å². The van der Waals surface area contributed by atoms with Crippen molar-refractivity contribution in [3.05, 3.63) is 30.2 Å². The fourth-order valence-corrected chi connectivity index (χ4v) is 3.16. The molecule has 2 heterocycles. The maximum Gasteiger partial charge on any atom is 0.234 e. The fraction of sp³-hybridized carbons (Fsp3) is 0.500. The summed E-state index contributed by atoms with van der Waals surface area (Å²) in [5.41, 5.74) is 1.69. The molecule has 1 fully saturated rings. The summed E-state index contributed by atoms with van der Waals surface area (Å²) in [7, 11) is 0. The molecule has 25 heavy (non-hydrogen) atoms. The Morgan fingerprint density at radius 3 is 2.88 bits per heavy atom. The van der Waals surface area contributed by atoms with E-state index in [0.717, 1.165) is 42.9 Å². The summed E-state index contributed by atoms with van der Waals surface area (Å²) >= 11 is 0. The van der Waals surface area contributed by atoms with Crippen LogP contribution in [0.4, 0.5) is 0 Å². The predicted octanol–water partition coefficient (Wildman–Crippen LogP) is 1.26. The lowest BCUT2D eigenvalue weighted by molar-refractivity contribution is -0.123. The first-order chi connectivity index (χ1) is 12.1. The second kappa shape index (κ2) is 8.11. The molecule has 0 spiro atoms. The summed E-state index contributed by atoms with van der Waals surface area (Å²) in [6.07, 6.45) is 2.04. The van der Waals surface area contributed by atoms with Crippen molar-refractivity contribution in [3.8, 4) is 0 Å². The Morgan fingerprint density at radius 1 is 1.28 bits per heavy atom. The van der Waals surface area contributed by atoms with Gasteiger partial charge in [-0.15, -0.1) is 0 Å². The number of rotatable bonds is 6. The van der Waals surface area contributed by atoms with Gasteiger partial charge in [0.2, 0.25) is 11.8 Å². The highest BCUT2D eigenvalue weighted by Crippen LogP contribution is 2.28. The molecule has 7 heteroatoms. The van der Waals surface area contributed by atoms with E-state index < -0.39 is 0 Å². The van der Waals surface area contributed by atoms with Gasteiger partial charge >= 0.3 is 0 Å². The van der Waals surface area contributed by atoms with Crippen LogP contribution in [0.3, 0.4) is 0 Å². The van der Waals surface area contributed by atoms with E-state index in [1.54, 1.807) is 0 Å². The molecule has 134 valence electrons. The average molecular weight is 344 g/mol. The highest BCUT2D eigenvalue weighted by atomic mass is 16.3. The van der Waals surface area contributed by atoms with Crippen LogP contribution >= 0.6 is 0 Å². The molecule has 2 N–H and O–H groups in total. The number of benzene rings is 1. The van der Waals surface area contributed by atoms with E-state index in [1.165, 1.54) is 6.92 Å². The number of nitrogens with zero attached hydrogens (tertiary/aromatic N) is 2. The number of oxazole rings is 1. The maximum absolute atomic E-state index is 12.0. The van der Waals surface area contributed by atoms with Gasteiger partial charge in [-0.3, -0.25) is 14.5 Å². The van der Waals surface area contributed by atoms with Crippen molar-refractivity contribution in [2.75, 3.05) is 32.7 Å². The number of fused-ring (bicyclic) bond motifs is 1. The fourth-order valence-electron chi connectivity index (χ4n) is 3.16. The number of piperidine rings is 1. The zero-order valence-corrected chi connectivity index (χ0v) is 14.5. The van der Waals surface area contributed by atoms with Crippen LogP contribution in [0.2, 0.25) is 0 Å². The van der Waals surface area contributed by atoms with Crippen molar-refractivity contribution in [2.45, 2.75) is 25.7 Å². The van der Waals surface area contributed by atoms with E-state index >= 15 is 0 Å². The number of hydrogen-bond acceptors (Lipinski definition) is 5. The number of amides is 2. The first-order valence-electron chi connectivity index (χ1n) is 8.71. The minimum atomic E-state index is -0.0912. The van der Waals surface area contributed by atoms with Gasteiger partial charge in [0.1, 0.15) is 5.52 Å². The molecule has 1 aromatic carbocycles. The SMILES string of the molecule is CC(=O)NCCNC(=O)CN1CCCC(c2nc3ccccc3o2)C1. The Balaban J connectivity index is 1.50. The zero-order valence-electron chi connectivity index (χ0n) is 14.5. The highest BCUT2D eigenvalue weighted by molar-refractivity contribution is 5.78. The van der Waals surface area contributed by atoms with Crippen LogP contribution in [0.5, 0.6) is 0 Å². The van der Waals surface area contributed by atoms with Crippen molar-refractivity contribution in [1.29, 1.82) is 0 Å². The molecule has 1 unspecified atom stereocenters. The van der Waals surface area contributed by atoms with Crippen LogP contribution in [-0.4, -0.2) is 54.4 Å². The Kier molecular flexibility index (Phi) is 5.65. The van der Waals surface area contributed by atoms with Crippen LogP contribution in [0, 0.1) is 0 Å².